The van der Waals surface area contributed by atoms with Gasteiger partial charge in [-0.25, -0.2) is 4.68 Å². The summed E-state index contributed by atoms with van der Waals surface area (Å²) in [6.45, 7) is 5.92. The van der Waals surface area contributed by atoms with Gasteiger partial charge >= 0.3 is 0 Å². The van der Waals surface area contributed by atoms with Gasteiger partial charge < -0.3 is 19.7 Å². The highest BCUT2D eigenvalue weighted by Crippen LogP contribution is 2.31. The number of piperazine rings is 1. The normalized spacial score (nSPS) is 14.8. The van der Waals surface area contributed by atoms with Gasteiger partial charge in [0.05, 0.1) is 6.61 Å². The third-order valence-electron chi connectivity index (χ3n) is 5.50. The van der Waals surface area contributed by atoms with Crippen molar-refractivity contribution in [3.8, 4) is 5.88 Å². The Morgan fingerprint density at radius 2 is 2.06 bits per heavy atom. The molecule has 1 fully saturated rings. The molecule has 31 heavy (non-hydrogen) atoms. The molecule has 1 aliphatic rings. The van der Waals surface area contributed by atoms with Gasteiger partial charge in [-0.15, -0.1) is 11.3 Å². The van der Waals surface area contributed by atoms with Gasteiger partial charge in [0, 0.05) is 68.7 Å². The number of methoxy groups -OCH3 is 1. The largest absolute Gasteiger partial charge is 0.478 e. The van der Waals surface area contributed by atoms with Crippen LogP contribution in [0.1, 0.15) is 16.9 Å². The third-order valence-corrected chi connectivity index (χ3v) is 6.38. The average Bonchev–Trinajstić information content (AvgIpc) is 3.42. The van der Waals surface area contributed by atoms with Gasteiger partial charge in [0.2, 0.25) is 5.88 Å². The summed E-state index contributed by atoms with van der Waals surface area (Å²) in [7, 11) is 3.30. The van der Waals surface area contributed by atoms with E-state index in [4.69, 9.17) is 9.47 Å². The lowest BCUT2D eigenvalue weighted by molar-refractivity contribution is 0.0866. The fourth-order valence-electron chi connectivity index (χ4n) is 3.86. The number of thiophene rings is 1. The highest BCUT2D eigenvalue weighted by atomic mass is 32.1. The minimum Gasteiger partial charge on any atom is -0.478 e. The van der Waals surface area contributed by atoms with Crippen molar-refractivity contribution in [1.29, 1.82) is 0 Å². The number of rotatable bonds is 9. The van der Waals surface area contributed by atoms with Crippen molar-refractivity contribution in [1.82, 2.24) is 20.0 Å². The SMILES string of the molecule is COCNC(=O)c1cc(OCCCN2CCN(c3cccc4sccc34)CC2)n(C)n1. The van der Waals surface area contributed by atoms with Crippen molar-refractivity contribution in [2.45, 2.75) is 6.42 Å². The summed E-state index contributed by atoms with van der Waals surface area (Å²) in [5, 5.41) is 10.3. The van der Waals surface area contributed by atoms with E-state index in [2.05, 4.69) is 49.9 Å². The Labute approximate surface area is 186 Å². The third kappa shape index (κ3) is 5.17. The van der Waals surface area contributed by atoms with Gasteiger partial charge in [-0.05, 0) is 30.0 Å². The fraction of sp³-hybridized carbons (Fsp3) is 0.455. The monoisotopic (exact) mass is 443 g/mol. The van der Waals surface area contributed by atoms with Crippen LogP contribution >= 0.6 is 11.3 Å². The zero-order valence-electron chi connectivity index (χ0n) is 18.0. The van der Waals surface area contributed by atoms with Gasteiger partial charge in [-0.1, -0.05) is 6.07 Å². The lowest BCUT2D eigenvalue weighted by atomic mass is 10.2. The summed E-state index contributed by atoms with van der Waals surface area (Å²) < 4.78 is 13.6. The summed E-state index contributed by atoms with van der Waals surface area (Å²) in [6, 6.07) is 10.5. The number of hydrogen-bond donors (Lipinski definition) is 1. The molecule has 0 unspecified atom stereocenters. The lowest BCUT2D eigenvalue weighted by Gasteiger charge is -2.36. The summed E-state index contributed by atoms with van der Waals surface area (Å²) >= 11 is 1.80. The number of amides is 1. The number of aromatic nitrogens is 2. The van der Waals surface area contributed by atoms with E-state index in [1.807, 2.05) is 0 Å². The van der Waals surface area contributed by atoms with Crippen LogP contribution in [-0.4, -0.2) is 73.8 Å². The molecule has 3 aromatic rings. The van der Waals surface area contributed by atoms with Gasteiger partial charge in [-0.2, -0.15) is 5.10 Å². The summed E-state index contributed by atoms with van der Waals surface area (Å²) in [6.07, 6.45) is 0.927. The number of anilines is 1. The second-order valence-corrected chi connectivity index (χ2v) is 8.52. The van der Waals surface area contributed by atoms with Crippen LogP contribution in [0, 0.1) is 0 Å². The first-order chi connectivity index (χ1) is 15.2. The molecule has 2 aromatic heterocycles. The second kappa shape index (κ2) is 10.1. The van der Waals surface area contributed by atoms with Crippen LogP contribution in [0.3, 0.4) is 0 Å². The number of carbonyl (C=O) groups excluding carboxylic acids is 1. The second-order valence-electron chi connectivity index (χ2n) is 7.57. The van der Waals surface area contributed by atoms with E-state index < -0.39 is 0 Å². The average molecular weight is 444 g/mol. The van der Waals surface area contributed by atoms with Crippen LogP contribution in [0.15, 0.2) is 35.7 Å². The molecule has 0 aliphatic carbocycles. The van der Waals surface area contributed by atoms with Gasteiger partial charge in [-0.3, -0.25) is 9.69 Å². The minimum absolute atomic E-state index is 0.154. The molecule has 0 radical (unpaired) electrons. The van der Waals surface area contributed by atoms with Gasteiger partial charge in [0.25, 0.3) is 5.91 Å². The quantitative estimate of drug-likeness (QED) is 0.405. The lowest BCUT2D eigenvalue weighted by Crippen LogP contribution is -2.46. The number of benzene rings is 1. The number of carbonyl (C=O) groups is 1. The fourth-order valence-corrected chi connectivity index (χ4v) is 4.66. The molecular formula is C22H29N5O3S. The first-order valence-corrected chi connectivity index (χ1v) is 11.4. The van der Waals surface area contributed by atoms with E-state index in [-0.39, 0.29) is 12.6 Å². The molecule has 8 nitrogen and oxygen atoms in total. The molecular weight excluding hydrogens is 414 g/mol. The number of nitrogens with zero attached hydrogens (tertiary/aromatic N) is 4. The highest BCUT2D eigenvalue weighted by molar-refractivity contribution is 7.17. The molecule has 0 saturated carbocycles. The zero-order chi connectivity index (χ0) is 21.6. The predicted octanol–water partition coefficient (Wildman–Crippen LogP) is 2.56. The Morgan fingerprint density at radius 3 is 2.87 bits per heavy atom. The van der Waals surface area contributed by atoms with Crippen molar-refractivity contribution in [3.05, 3.63) is 41.4 Å². The maximum absolute atomic E-state index is 12.0. The maximum atomic E-state index is 12.0. The van der Waals surface area contributed by atoms with E-state index in [1.165, 1.54) is 22.9 Å². The number of nitrogens with one attached hydrogen (secondary N) is 1. The van der Waals surface area contributed by atoms with E-state index in [0.717, 1.165) is 39.1 Å². The number of ether oxygens (including phenoxy) is 2. The molecule has 3 heterocycles. The van der Waals surface area contributed by atoms with Crippen molar-refractivity contribution in [2.24, 2.45) is 7.05 Å². The van der Waals surface area contributed by atoms with E-state index >= 15 is 0 Å². The molecule has 0 atom stereocenters. The van der Waals surface area contributed by atoms with Crippen LogP contribution < -0.4 is 15.0 Å². The molecule has 0 spiro atoms. The Hall–Kier alpha value is -2.62. The molecule has 1 N–H and O–H groups in total. The molecule has 1 amide bonds. The van der Waals surface area contributed by atoms with Crippen LogP contribution in [-0.2, 0) is 11.8 Å². The van der Waals surface area contributed by atoms with E-state index in [0.29, 0.717) is 18.2 Å². The number of fused-ring (bicyclic) bond motifs is 1. The van der Waals surface area contributed by atoms with Crippen molar-refractivity contribution in [2.75, 3.05) is 58.1 Å². The summed E-state index contributed by atoms with van der Waals surface area (Å²) in [5.74, 6) is 0.319. The molecule has 166 valence electrons. The topological polar surface area (TPSA) is 71.9 Å². The van der Waals surface area contributed by atoms with Crippen molar-refractivity contribution in [3.63, 3.8) is 0 Å². The van der Waals surface area contributed by atoms with Crippen LogP contribution in [0.5, 0.6) is 5.88 Å². The zero-order valence-corrected chi connectivity index (χ0v) is 18.9. The standard InChI is InChI=1S/C22H29N5O3S/c1-25-21(15-18(24-25)22(28)23-16-29-2)30-13-4-8-26-9-11-27(12-10-26)19-5-3-6-20-17(19)7-14-31-20/h3,5-7,14-15H,4,8-13,16H2,1-2H3,(H,23,28). The Kier molecular flexibility index (Phi) is 7.06. The number of hydrogen-bond acceptors (Lipinski definition) is 7. The van der Waals surface area contributed by atoms with Crippen LogP contribution in [0.2, 0.25) is 0 Å². The predicted molar refractivity (Wildman–Crippen MR) is 123 cm³/mol. The molecule has 9 heteroatoms. The molecule has 1 aromatic carbocycles. The first kappa shape index (κ1) is 21.6. The smallest absolute Gasteiger partial charge is 0.273 e. The van der Waals surface area contributed by atoms with Crippen molar-refractivity contribution >= 4 is 33.0 Å². The summed E-state index contributed by atoms with van der Waals surface area (Å²) in [5.41, 5.74) is 1.68. The van der Waals surface area contributed by atoms with Gasteiger partial charge in [0.15, 0.2) is 5.69 Å². The maximum Gasteiger partial charge on any atom is 0.273 e. The molecule has 1 aliphatic heterocycles. The highest BCUT2D eigenvalue weighted by Gasteiger charge is 2.19. The number of aryl methyl sites for hydroxylation is 1. The van der Waals surface area contributed by atoms with E-state index in [1.54, 1.807) is 29.1 Å². The Bertz CT molecular complexity index is 1010. The molecule has 0 bridgehead atoms. The Balaban J connectivity index is 1.20. The van der Waals surface area contributed by atoms with E-state index in [9.17, 15) is 4.79 Å². The van der Waals surface area contributed by atoms with Crippen LogP contribution in [0.4, 0.5) is 5.69 Å². The minimum atomic E-state index is -0.275. The van der Waals surface area contributed by atoms with Gasteiger partial charge in [0.1, 0.15) is 6.73 Å². The molecule has 1 saturated heterocycles. The Morgan fingerprint density at radius 1 is 1.23 bits per heavy atom. The van der Waals surface area contributed by atoms with Crippen molar-refractivity contribution < 1.29 is 14.3 Å². The van der Waals surface area contributed by atoms with Crippen LogP contribution in [0.25, 0.3) is 10.1 Å². The molecule has 4 rings (SSSR count). The summed E-state index contributed by atoms with van der Waals surface area (Å²) in [4.78, 5) is 16.9. The first-order valence-electron chi connectivity index (χ1n) is 10.5.